The first kappa shape index (κ1) is 13.0. The Morgan fingerprint density at radius 1 is 1.53 bits per heavy atom. The molecule has 1 rings (SSSR count). The number of hydrogen-bond donors (Lipinski definition) is 2. The van der Waals surface area contributed by atoms with Crippen molar-refractivity contribution in [3.63, 3.8) is 0 Å². The van der Waals surface area contributed by atoms with Crippen molar-refractivity contribution in [2.75, 3.05) is 12.8 Å². The number of aromatic nitrogens is 2. The quantitative estimate of drug-likeness (QED) is 0.700. The number of amides is 1. The molecule has 0 bridgehead atoms. The van der Waals surface area contributed by atoms with Crippen LogP contribution in [-0.2, 0) is 16.6 Å². The van der Waals surface area contributed by atoms with E-state index in [1.807, 2.05) is 0 Å². The van der Waals surface area contributed by atoms with E-state index in [9.17, 15) is 9.59 Å². The fraction of sp³-hybridized carbons (Fsp3) is 0.500. The molecule has 0 aliphatic carbocycles. The molecule has 0 spiro atoms. The standard InChI is InChI=1S/C10H16N4O3/c1-5-7(11)8(14(4)13-5)10(16)17-6(2)9(15)12-3/h6H,11H2,1-4H3,(H,12,15). The minimum Gasteiger partial charge on any atom is -0.448 e. The van der Waals surface area contributed by atoms with Gasteiger partial charge in [-0.25, -0.2) is 4.79 Å². The van der Waals surface area contributed by atoms with E-state index in [2.05, 4.69) is 10.4 Å². The Hall–Kier alpha value is -2.05. The van der Waals surface area contributed by atoms with Crippen molar-refractivity contribution >= 4 is 17.6 Å². The lowest BCUT2D eigenvalue weighted by molar-refractivity contribution is -0.128. The number of likely N-dealkylation sites (N-methyl/N-ethyl adjacent to an activating group) is 1. The molecule has 0 aliphatic heterocycles. The Morgan fingerprint density at radius 2 is 2.12 bits per heavy atom. The van der Waals surface area contributed by atoms with Gasteiger partial charge in [-0.05, 0) is 13.8 Å². The SMILES string of the molecule is CNC(=O)C(C)OC(=O)c1c(N)c(C)nn1C. The van der Waals surface area contributed by atoms with Gasteiger partial charge in [0, 0.05) is 14.1 Å². The minimum absolute atomic E-state index is 0.151. The number of carbonyl (C=O) groups is 2. The molecule has 1 aromatic heterocycles. The van der Waals surface area contributed by atoms with Crippen molar-refractivity contribution < 1.29 is 14.3 Å². The first-order valence-electron chi connectivity index (χ1n) is 5.10. The summed E-state index contributed by atoms with van der Waals surface area (Å²) < 4.78 is 6.31. The molecule has 0 aromatic carbocycles. The van der Waals surface area contributed by atoms with E-state index in [0.29, 0.717) is 5.69 Å². The highest BCUT2D eigenvalue weighted by molar-refractivity contribution is 5.95. The largest absolute Gasteiger partial charge is 0.448 e. The molecule has 3 N–H and O–H groups in total. The molecule has 0 aliphatic rings. The van der Waals surface area contributed by atoms with E-state index >= 15 is 0 Å². The van der Waals surface area contributed by atoms with Gasteiger partial charge in [0.05, 0.1) is 11.4 Å². The predicted octanol–water partition coefficient (Wildman–Crippen LogP) is -0.398. The van der Waals surface area contributed by atoms with Crippen LogP contribution in [0.2, 0.25) is 0 Å². The summed E-state index contributed by atoms with van der Waals surface area (Å²) in [6.07, 6.45) is -0.873. The van der Waals surface area contributed by atoms with E-state index in [1.165, 1.54) is 18.7 Å². The normalized spacial score (nSPS) is 12.0. The molecule has 1 unspecified atom stereocenters. The van der Waals surface area contributed by atoms with E-state index in [-0.39, 0.29) is 17.3 Å². The van der Waals surface area contributed by atoms with Gasteiger partial charge in [-0.2, -0.15) is 5.10 Å². The monoisotopic (exact) mass is 240 g/mol. The van der Waals surface area contributed by atoms with Crippen LogP contribution >= 0.6 is 0 Å². The van der Waals surface area contributed by atoms with Gasteiger partial charge in [0.25, 0.3) is 5.91 Å². The lowest BCUT2D eigenvalue weighted by Gasteiger charge is -2.11. The zero-order valence-electron chi connectivity index (χ0n) is 10.3. The molecule has 17 heavy (non-hydrogen) atoms. The van der Waals surface area contributed by atoms with E-state index in [0.717, 1.165) is 0 Å². The average molecular weight is 240 g/mol. The molecule has 0 saturated carbocycles. The van der Waals surface area contributed by atoms with Gasteiger partial charge < -0.3 is 15.8 Å². The fourth-order valence-corrected chi connectivity index (χ4v) is 1.39. The zero-order valence-corrected chi connectivity index (χ0v) is 10.3. The summed E-state index contributed by atoms with van der Waals surface area (Å²) >= 11 is 0. The highest BCUT2D eigenvalue weighted by Gasteiger charge is 2.23. The van der Waals surface area contributed by atoms with Crippen molar-refractivity contribution in [1.82, 2.24) is 15.1 Å². The third-order valence-corrected chi connectivity index (χ3v) is 2.36. The second-order valence-electron chi connectivity index (χ2n) is 3.63. The topological polar surface area (TPSA) is 99.2 Å². The van der Waals surface area contributed by atoms with Gasteiger partial charge in [0.1, 0.15) is 0 Å². The summed E-state index contributed by atoms with van der Waals surface area (Å²) in [5.74, 6) is -1.04. The molecule has 0 fully saturated rings. The van der Waals surface area contributed by atoms with Crippen LogP contribution in [0.3, 0.4) is 0 Å². The van der Waals surface area contributed by atoms with E-state index < -0.39 is 12.1 Å². The number of nitrogens with one attached hydrogen (secondary N) is 1. The van der Waals surface area contributed by atoms with E-state index in [1.54, 1.807) is 14.0 Å². The summed E-state index contributed by atoms with van der Waals surface area (Å²) in [6, 6.07) is 0. The third kappa shape index (κ3) is 2.55. The number of rotatable bonds is 3. The minimum atomic E-state index is -0.873. The summed E-state index contributed by atoms with van der Waals surface area (Å²) in [4.78, 5) is 23.0. The maximum Gasteiger partial charge on any atom is 0.359 e. The Bertz CT molecular complexity index is 453. The number of carbonyl (C=O) groups excluding carboxylic acids is 2. The Labute approximate surface area is 98.9 Å². The number of hydrogen-bond acceptors (Lipinski definition) is 5. The molecular weight excluding hydrogens is 224 g/mol. The number of anilines is 1. The summed E-state index contributed by atoms with van der Waals surface area (Å²) in [5, 5.41) is 6.38. The maximum absolute atomic E-state index is 11.8. The van der Waals surface area contributed by atoms with Crippen LogP contribution < -0.4 is 11.1 Å². The molecule has 1 amide bonds. The molecule has 0 saturated heterocycles. The van der Waals surface area contributed by atoms with Crippen molar-refractivity contribution in [2.45, 2.75) is 20.0 Å². The Balaban J connectivity index is 2.87. The van der Waals surface area contributed by atoms with Gasteiger partial charge >= 0.3 is 5.97 Å². The predicted molar refractivity (Wildman–Crippen MR) is 61.3 cm³/mol. The maximum atomic E-state index is 11.8. The van der Waals surface area contributed by atoms with Gasteiger partial charge in [0.2, 0.25) is 0 Å². The number of aryl methyl sites for hydroxylation is 2. The second-order valence-corrected chi connectivity index (χ2v) is 3.63. The summed E-state index contributed by atoms with van der Waals surface area (Å²) in [6.45, 7) is 3.17. The van der Waals surface area contributed by atoms with Crippen molar-refractivity contribution in [3.8, 4) is 0 Å². The number of esters is 1. The van der Waals surface area contributed by atoms with E-state index in [4.69, 9.17) is 10.5 Å². The third-order valence-electron chi connectivity index (χ3n) is 2.36. The molecule has 1 aromatic rings. The molecule has 1 atom stereocenters. The van der Waals surface area contributed by atoms with Gasteiger partial charge in [-0.3, -0.25) is 9.48 Å². The van der Waals surface area contributed by atoms with Crippen molar-refractivity contribution in [3.05, 3.63) is 11.4 Å². The van der Waals surface area contributed by atoms with Gasteiger partial charge in [-0.1, -0.05) is 0 Å². The number of nitrogens with two attached hydrogens (primary N) is 1. The lowest BCUT2D eigenvalue weighted by atomic mass is 10.3. The fourth-order valence-electron chi connectivity index (χ4n) is 1.39. The Morgan fingerprint density at radius 3 is 2.53 bits per heavy atom. The first-order valence-corrected chi connectivity index (χ1v) is 5.10. The van der Waals surface area contributed by atoms with Crippen LogP contribution in [0.25, 0.3) is 0 Å². The van der Waals surface area contributed by atoms with Crippen LogP contribution in [0.4, 0.5) is 5.69 Å². The lowest BCUT2D eigenvalue weighted by Crippen LogP contribution is -2.33. The van der Waals surface area contributed by atoms with Crippen LogP contribution in [0.5, 0.6) is 0 Å². The molecule has 0 radical (unpaired) electrons. The second kappa shape index (κ2) is 4.86. The molecular formula is C10H16N4O3. The highest BCUT2D eigenvalue weighted by atomic mass is 16.5. The first-order chi connectivity index (χ1) is 7.88. The smallest absolute Gasteiger partial charge is 0.359 e. The molecule has 1 heterocycles. The van der Waals surface area contributed by atoms with Crippen LogP contribution in [0.15, 0.2) is 0 Å². The van der Waals surface area contributed by atoms with Gasteiger partial charge in [-0.15, -0.1) is 0 Å². The van der Waals surface area contributed by atoms with Crippen molar-refractivity contribution in [2.24, 2.45) is 7.05 Å². The van der Waals surface area contributed by atoms with Crippen LogP contribution in [0, 0.1) is 6.92 Å². The molecule has 7 heteroatoms. The summed E-state index contributed by atoms with van der Waals surface area (Å²) in [5.41, 5.74) is 6.67. The average Bonchev–Trinajstić information content (AvgIpc) is 2.51. The van der Waals surface area contributed by atoms with Gasteiger partial charge in [0.15, 0.2) is 11.8 Å². The number of ether oxygens (including phenoxy) is 1. The zero-order chi connectivity index (χ0) is 13.2. The van der Waals surface area contributed by atoms with Crippen LogP contribution in [0.1, 0.15) is 23.1 Å². The highest BCUT2D eigenvalue weighted by Crippen LogP contribution is 2.16. The number of nitrogens with zero attached hydrogens (tertiary/aromatic N) is 2. The van der Waals surface area contributed by atoms with Crippen LogP contribution in [-0.4, -0.2) is 34.8 Å². The van der Waals surface area contributed by atoms with Crippen molar-refractivity contribution in [1.29, 1.82) is 0 Å². The Kier molecular flexibility index (Phi) is 3.72. The molecule has 94 valence electrons. The number of nitrogen functional groups attached to an aromatic ring is 1. The summed E-state index contributed by atoms with van der Waals surface area (Å²) in [7, 11) is 3.06. The molecule has 7 nitrogen and oxygen atoms in total.